The van der Waals surface area contributed by atoms with Crippen LogP contribution < -0.4 is 21.5 Å². The van der Waals surface area contributed by atoms with E-state index in [2.05, 4.69) is 22.5 Å². The molecular weight excluding hydrogens is 1030 g/mol. The van der Waals surface area contributed by atoms with Crippen molar-refractivity contribution in [1.29, 1.82) is 0 Å². The van der Waals surface area contributed by atoms with Crippen LogP contribution in [0.25, 0.3) is 22.3 Å². The Kier molecular flexibility index (Phi) is 20.5. The summed E-state index contributed by atoms with van der Waals surface area (Å²) in [6.45, 7) is 7.95. The number of hydrogen-bond donors (Lipinski definition) is 5. The van der Waals surface area contributed by atoms with Crippen molar-refractivity contribution in [2.45, 2.75) is 135 Å². The zero-order chi connectivity index (χ0) is 57.8. The van der Waals surface area contributed by atoms with Gasteiger partial charge in [-0.1, -0.05) is 57.2 Å². The molecule has 5 N–H and O–H groups in total. The lowest BCUT2D eigenvalue weighted by atomic mass is 9.81. The van der Waals surface area contributed by atoms with E-state index in [1.807, 2.05) is 0 Å². The number of aliphatic hydroxyl groups excluding tert-OH is 1. The van der Waals surface area contributed by atoms with Gasteiger partial charge < -0.3 is 35.5 Å². The number of likely N-dealkylation sites (tertiary alicyclic amines) is 1. The van der Waals surface area contributed by atoms with Crippen LogP contribution in [0.15, 0.2) is 53.9 Å². The summed E-state index contributed by atoms with van der Waals surface area (Å²) in [5.41, 5.74) is 1.34. The maximum atomic E-state index is 15.5. The van der Waals surface area contributed by atoms with E-state index in [-0.39, 0.29) is 157 Å². The minimum absolute atomic E-state index is 0.0169. The van der Waals surface area contributed by atoms with Gasteiger partial charge in [-0.25, -0.2) is 14.2 Å². The summed E-state index contributed by atoms with van der Waals surface area (Å²) < 4.78 is 22.2. The predicted octanol–water partition coefficient (Wildman–Crippen LogP) is 4.08. The highest BCUT2D eigenvalue weighted by atomic mass is 19.1. The van der Waals surface area contributed by atoms with Gasteiger partial charge in [0.05, 0.1) is 61.3 Å². The Hall–Kier alpha value is -7.36. The number of allylic oxidation sites excluding steroid dienone is 5. The second-order valence-corrected chi connectivity index (χ2v) is 21.2. The van der Waals surface area contributed by atoms with E-state index in [0.29, 0.717) is 77.6 Å². The Morgan fingerprint density at radius 2 is 1.69 bits per heavy atom. The van der Waals surface area contributed by atoms with E-state index < -0.39 is 52.5 Å². The number of nitrogens with zero attached hydrogens (tertiary/aromatic N) is 4. The van der Waals surface area contributed by atoms with Crippen molar-refractivity contribution in [2.24, 2.45) is 11.8 Å². The van der Waals surface area contributed by atoms with Gasteiger partial charge in [0.2, 0.25) is 29.5 Å². The molecule has 4 atom stereocenters. The highest BCUT2D eigenvalue weighted by Crippen LogP contribution is 2.46. The smallest absolute Gasteiger partial charge is 0.343 e. The molecule has 1 aliphatic carbocycles. The van der Waals surface area contributed by atoms with Crippen molar-refractivity contribution in [1.82, 2.24) is 35.3 Å². The molecule has 0 spiro atoms. The molecular formula is C59H72FN7O13. The number of aryl methyl sites for hydroxylation is 1. The topological polar surface area (TPSA) is 281 Å². The number of carbonyl (C=O) groups is 9. The quantitative estimate of drug-likeness (QED) is 0.0213. The van der Waals surface area contributed by atoms with Gasteiger partial charge in [-0.3, -0.25) is 53.0 Å². The molecule has 1 unspecified atom stereocenters. The third-order valence-electron chi connectivity index (χ3n) is 15.6. The summed E-state index contributed by atoms with van der Waals surface area (Å²) in [7, 11) is 0. The van der Waals surface area contributed by atoms with Crippen LogP contribution in [0, 0.1) is 24.6 Å². The number of unbranched alkanes of at least 4 members (excludes halogenated alkanes) is 2. The van der Waals surface area contributed by atoms with Crippen LogP contribution in [0.1, 0.15) is 137 Å². The van der Waals surface area contributed by atoms with Gasteiger partial charge in [-0.05, 0) is 81.2 Å². The highest BCUT2D eigenvalue weighted by Gasteiger charge is 2.46. The first-order chi connectivity index (χ1) is 38.3. The summed E-state index contributed by atoms with van der Waals surface area (Å²) in [5, 5.41) is 30.4. The second kappa shape index (κ2) is 27.2. The maximum Gasteiger partial charge on any atom is 0.343 e. The summed E-state index contributed by atoms with van der Waals surface area (Å²) in [4.78, 5) is 137. The molecule has 20 nitrogen and oxygen atoms in total. The van der Waals surface area contributed by atoms with Crippen molar-refractivity contribution in [3.05, 3.63) is 98.6 Å². The lowest BCUT2D eigenvalue weighted by Crippen LogP contribution is -2.44. The molecule has 0 bridgehead atoms. The van der Waals surface area contributed by atoms with Crippen molar-refractivity contribution in [3.63, 3.8) is 0 Å². The Balaban J connectivity index is 0.892. The number of aliphatic hydroxyl groups is 2. The third kappa shape index (κ3) is 14.0. The van der Waals surface area contributed by atoms with Crippen LogP contribution in [-0.2, 0) is 73.1 Å². The number of ether oxygens (including phenoxy) is 1. The third-order valence-corrected chi connectivity index (χ3v) is 15.6. The Morgan fingerprint density at radius 1 is 0.925 bits per heavy atom. The number of benzene rings is 1. The fourth-order valence-corrected chi connectivity index (χ4v) is 11.1. The average Bonchev–Trinajstić information content (AvgIpc) is 4.02. The first-order valence-electron chi connectivity index (χ1n) is 27.6. The molecule has 3 aromatic rings. The number of esters is 1. The number of pyridine rings is 2. The zero-order valence-electron chi connectivity index (χ0n) is 45.8. The van der Waals surface area contributed by atoms with Crippen molar-refractivity contribution >= 4 is 63.8 Å². The van der Waals surface area contributed by atoms with E-state index in [0.717, 1.165) is 5.56 Å². The summed E-state index contributed by atoms with van der Waals surface area (Å²) >= 11 is 0. The van der Waals surface area contributed by atoms with Crippen LogP contribution in [0.4, 0.5) is 4.39 Å². The van der Waals surface area contributed by atoms with E-state index in [9.17, 15) is 58.2 Å². The van der Waals surface area contributed by atoms with Gasteiger partial charge in [0.25, 0.3) is 5.56 Å². The minimum atomic E-state index is -2.05. The van der Waals surface area contributed by atoms with Crippen LogP contribution in [-0.4, -0.2) is 128 Å². The number of hydrogen-bond acceptors (Lipinski definition) is 15. The number of carbonyl (C=O) groups excluding carboxylic acids is 9. The standard InChI is InChI=1S/C59H72FN7O13/c1-5-7-8-9-11-15-37(27-40(71)31-61-49(72)21-18-38(69)16-12-10-13-23-66-51(74)26-35(3)56(66)76)55(75)62-30-39(70)17-14-22-65(24-25-68)33-50(73)63-46-20-19-41-36(4)45(60)29-47-52(41)53(46)42-32-67-48(54(42)64-47)28-44-43(57(67)77)34-80-58(78)59(44,79)6-2/h5,7-9,11,28-29,35,37,46,68,79H,1,6,10,12-27,30-34H2,2-4H3,(H,61,72)(H,62,75)(H,63,73)/b8-7-,11-9+/t35?,37-,46+,59+/m1/s1. The Labute approximate surface area is 463 Å². The van der Waals surface area contributed by atoms with Crippen molar-refractivity contribution < 1.29 is 62.5 Å². The second-order valence-electron chi connectivity index (χ2n) is 21.2. The van der Waals surface area contributed by atoms with Gasteiger partial charge >= 0.3 is 5.97 Å². The van der Waals surface area contributed by atoms with Gasteiger partial charge in [0.15, 0.2) is 17.2 Å². The van der Waals surface area contributed by atoms with E-state index in [4.69, 9.17) is 9.72 Å². The van der Waals surface area contributed by atoms with Gasteiger partial charge in [0.1, 0.15) is 18.2 Å². The number of nitrogens with one attached hydrogen (secondary N) is 3. The highest BCUT2D eigenvalue weighted by molar-refractivity contribution is 6.03. The first-order valence-corrected chi connectivity index (χ1v) is 27.6. The number of rotatable bonds is 30. The summed E-state index contributed by atoms with van der Waals surface area (Å²) in [5.74, 6) is -5.12. The number of aromatic nitrogens is 2. The SMILES string of the molecule is C=C/C=C\C=C\C[C@H](CC(=O)CNC(=O)CCC(=O)CCCCCN1C(=O)CC(C)C1=O)C(=O)NCC(=O)CCCN(CCO)CC(=O)N[C@H]1CCc2c(C)c(F)cc3nc4c(c1c23)Cn1c-4cc2c(c1=O)COC(=O)[C@]2(O)CC. The van der Waals surface area contributed by atoms with Crippen molar-refractivity contribution in [2.75, 3.05) is 45.9 Å². The fourth-order valence-electron chi connectivity index (χ4n) is 11.1. The minimum Gasteiger partial charge on any atom is -0.458 e. The van der Waals surface area contributed by atoms with E-state index in [1.54, 1.807) is 62.1 Å². The molecule has 5 amide bonds. The lowest BCUT2D eigenvalue weighted by molar-refractivity contribution is -0.172. The average molecular weight is 1110 g/mol. The number of imide groups is 1. The number of ketones is 3. The predicted molar refractivity (Wildman–Crippen MR) is 292 cm³/mol. The molecule has 4 aliphatic rings. The van der Waals surface area contributed by atoms with Crippen molar-refractivity contribution in [3.8, 4) is 11.4 Å². The molecule has 428 valence electrons. The molecule has 2 aromatic heterocycles. The largest absolute Gasteiger partial charge is 0.458 e. The van der Waals surface area contributed by atoms with E-state index in [1.165, 1.54) is 15.5 Å². The normalized spacial score (nSPS) is 18.6. The molecule has 1 saturated heterocycles. The zero-order valence-corrected chi connectivity index (χ0v) is 45.8. The Bertz CT molecular complexity index is 3090. The number of halogens is 1. The molecule has 5 heterocycles. The summed E-state index contributed by atoms with van der Waals surface area (Å²) in [6.07, 6.45) is 11.4. The number of fused-ring (bicyclic) bond motifs is 5. The van der Waals surface area contributed by atoms with Gasteiger partial charge in [0, 0.05) is 86.0 Å². The molecule has 7 rings (SSSR count). The van der Waals surface area contributed by atoms with Crippen LogP contribution in [0.5, 0.6) is 0 Å². The molecule has 1 aromatic carbocycles. The first kappa shape index (κ1) is 60.3. The molecule has 80 heavy (non-hydrogen) atoms. The van der Waals surface area contributed by atoms with E-state index >= 15 is 4.39 Å². The van der Waals surface area contributed by atoms with Crippen LogP contribution in [0.2, 0.25) is 0 Å². The van der Waals surface area contributed by atoms with Crippen LogP contribution >= 0.6 is 0 Å². The van der Waals surface area contributed by atoms with Crippen LogP contribution in [0.3, 0.4) is 0 Å². The molecule has 3 aliphatic heterocycles. The van der Waals surface area contributed by atoms with Gasteiger partial charge in [-0.15, -0.1) is 0 Å². The molecule has 0 radical (unpaired) electrons. The van der Waals surface area contributed by atoms with Gasteiger partial charge in [-0.2, -0.15) is 0 Å². The summed E-state index contributed by atoms with van der Waals surface area (Å²) in [6, 6.07) is 2.32. The monoisotopic (exact) mass is 1110 g/mol. The lowest BCUT2D eigenvalue weighted by Gasteiger charge is -2.31. The number of Topliss-reactive ketones (excluding diaryl/α,β-unsaturated/α-hetero) is 3. The number of cyclic esters (lactones) is 1. The number of amides is 5. The molecule has 0 saturated carbocycles. The fraction of sp³-hybridized carbons (Fsp3) is 0.508. The molecule has 21 heteroatoms. The maximum absolute atomic E-state index is 15.5. The molecule has 1 fully saturated rings. The Morgan fingerprint density at radius 3 is 2.41 bits per heavy atom.